The number of hydrogen-bond donors (Lipinski definition) is 3. The van der Waals surface area contributed by atoms with Crippen LogP contribution in [-0.4, -0.2) is 21.7 Å². The lowest BCUT2D eigenvalue weighted by Gasteiger charge is -2.24. The van der Waals surface area contributed by atoms with Crippen LogP contribution in [0.25, 0.3) is 0 Å². The number of nitrogens with zero attached hydrogens (tertiary/aromatic N) is 2. The molecular weight excluding hydrogens is 326 g/mol. The number of nitrogens with two attached hydrogens (primary N) is 1. The number of aromatic nitrogens is 2. The first-order valence-corrected chi connectivity index (χ1v) is 8.82. The first-order chi connectivity index (χ1) is 11.5. The van der Waals surface area contributed by atoms with Crippen LogP contribution in [0.15, 0.2) is 23.7 Å². The molecule has 2 heterocycles. The summed E-state index contributed by atoms with van der Waals surface area (Å²) in [6.07, 6.45) is 4.98. The standard InChI is InChI=1S/C16H21N5O2S/c1-21-9-10-11(4-2-5-12(10)20-21)18-15(22)8-13(19-16(17)23)14-6-3-7-24-14/h3,6-7,9,11,13H,2,4-5,8H2,1H3,(H,18,22)(H3,17,19,23). The molecule has 1 aliphatic rings. The van der Waals surface area contributed by atoms with Crippen molar-refractivity contribution >= 4 is 23.3 Å². The number of primary amides is 1. The van der Waals surface area contributed by atoms with Crippen molar-refractivity contribution in [2.75, 3.05) is 0 Å². The number of thiophene rings is 1. The predicted molar refractivity (Wildman–Crippen MR) is 91.4 cm³/mol. The zero-order chi connectivity index (χ0) is 17.1. The summed E-state index contributed by atoms with van der Waals surface area (Å²) in [6, 6.07) is 2.72. The molecule has 0 aliphatic heterocycles. The van der Waals surface area contributed by atoms with Crippen LogP contribution in [0, 0.1) is 0 Å². The van der Waals surface area contributed by atoms with E-state index in [4.69, 9.17) is 5.73 Å². The number of hydrogen-bond acceptors (Lipinski definition) is 4. The summed E-state index contributed by atoms with van der Waals surface area (Å²) in [5.41, 5.74) is 7.38. The molecule has 2 unspecified atom stereocenters. The molecule has 0 saturated carbocycles. The average Bonchev–Trinajstić information content (AvgIpc) is 3.14. The van der Waals surface area contributed by atoms with Gasteiger partial charge in [0, 0.05) is 23.7 Å². The number of carbonyl (C=O) groups is 2. The molecule has 0 saturated heterocycles. The van der Waals surface area contributed by atoms with E-state index in [1.54, 1.807) is 4.68 Å². The molecule has 4 N–H and O–H groups in total. The van der Waals surface area contributed by atoms with Crippen molar-refractivity contribution in [1.82, 2.24) is 20.4 Å². The third-order valence-corrected chi connectivity index (χ3v) is 5.13. The Balaban J connectivity index is 1.67. The Morgan fingerprint density at radius 1 is 1.54 bits per heavy atom. The van der Waals surface area contributed by atoms with Gasteiger partial charge in [0.1, 0.15) is 0 Å². The van der Waals surface area contributed by atoms with Gasteiger partial charge in [0.25, 0.3) is 0 Å². The molecule has 7 nitrogen and oxygen atoms in total. The van der Waals surface area contributed by atoms with Crippen LogP contribution < -0.4 is 16.4 Å². The Morgan fingerprint density at radius 2 is 2.38 bits per heavy atom. The van der Waals surface area contributed by atoms with Crippen molar-refractivity contribution in [3.8, 4) is 0 Å². The van der Waals surface area contributed by atoms with E-state index in [2.05, 4.69) is 15.7 Å². The lowest BCUT2D eigenvalue weighted by molar-refractivity contribution is -0.122. The summed E-state index contributed by atoms with van der Waals surface area (Å²) >= 11 is 1.49. The second-order valence-corrected chi connectivity index (χ2v) is 6.98. The van der Waals surface area contributed by atoms with Gasteiger partial charge in [-0.2, -0.15) is 5.10 Å². The molecule has 3 amide bonds. The van der Waals surface area contributed by atoms with Gasteiger partial charge in [0.15, 0.2) is 0 Å². The fraction of sp³-hybridized carbons (Fsp3) is 0.438. The van der Waals surface area contributed by atoms with E-state index < -0.39 is 12.1 Å². The molecule has 8 heteroatoms. The second-order valence-electron chi connectivity index (χ2n) is 6.00. The summed E-state index contributed by atoms with van der Waals surface area (Å²) in [5, 5.41) is 12.1. The smallest absolute Gasteiger partial charge is 0.312 e. The van der Waals surface area contributed by atoms with Gasteiger partial charge in [-0.05, 0) is 30.7 Å². The van der Waals surface area contributed by atoms with E-state index in [1.807, 2.05) is 30.8 Å². The molecular formula is C16H21N5O2S. The Kier molecular flexibility index (Phi) is 4.84. The molecule has 2 aromatic heterocycles. The monoisotopic (exact) mass is 347 g/mol. The maximum Gasteiger partial charge on any atom is 0.312 e. The van der Waals surface area contributed by atoms with Gasteiger partial charge in [-0.15, -0.1) is 11.3 Å². The third-order valence-electron chi connectivity index (χ3n) is 4.15. The van der Waals surface area contributed by atoms with Crippen molar-refractivity contribution in [1.29, 1.82) is 0 Å². The van der Waals surface area contributed by atoms with Crippen molar-refractivity contribution < 1.29 is 9.59 Å². The fourth-order valence-electron chi connectivity index (χ4n) is 3.14. The van der Waals surface area contributed by atoms with E-state index in [-0.39, 0.29) is 18.4 Å². The highest BCUT2D eigenvalue weighted by Gasteiger charge is 2.26. The Labute approximate surface area is 144 Å². The van der Waals surface area contributed by atoms with Crippen molar-refractivity contribution in [2.45, 2.75) is 37.8 Å². The summed E-state index contributed by atoms with van der Waals surface area (Å²) < 4.78 is 1.79. The van der Waals surface area contributed by atoms with Gasteiger partial charge in [-0.3, -0.25) is 9.48 Å². The number of fused-ring (bicyclic) bond motifs is 1. The zero-order valence-corrected chi connectivity index (χ0v) is 14.3. The fourth-order valence-corrected chi connectivity index (χ4v) is 3.92. The highest BCUT2D eigenvalue weighted by Crippen LogP contribution is 2.29. The topological polar surface area (TPSA) is 102 Å². The van der Waals surface area contributed by atoms with Gasteiger partial charge < -0.3 is 16.4 Å². The minimum Gasteiger partial charge on any atom is -0.352 e. The number of aryl methyl sites for hydroxylation is 2. The van der Waals surface area contributed by atoms with Gasteiger partial charge >= 0.3 is 6.03 Å². The largest absolute Gasteiger partial charge is 0.352 e. The summed E-state index contributed by atoms with van der Waals surface area (Å²) in [7, 11) is 1.89. The molecule has 0 bridgehead atoms. The number of amides is 3. The molecule has 3 rings (SSSR count). The first-order valence-electron chi connectivity index (χ1n) is 7.94. The molecule has 1 aliphatic carbocycles. The molecule has 0 fully saturated rings. The SMILES string of the molecule is Cn1cc2c(n1)CCCC2NC(=O)CC(NC(N)=O)c1cccs1. The molecule has 0 spiro atoms. The molecule has 0 radical (unpaired) electrons. The molecule has 2 aromatic rings. The van der Waals surface area contributed by atoms with Gasteiger partial charge in [0.05, 0.1) is 24.2 Å². The average molecular weight is 347 g/mol. The van der Waals surface area contributed by atoms with E-state index in [9.17, 15) is 9.59 Å². The molecule has 128 valence electrons. The van der Waals surface area contributed by atoms with Crippen LogP contribution in [0.1, 0.15) is 47.5 Å². The third kappa shape index (κ3) is 3.76. The van der Waals surface area contributed by atoms with Crippen LogP contribution in [0.3, 0.4) is 0 Å². The quantitative estimate of drug-likeness (QED) is 0.768. The highest BCUT2D eigenvalue weighted by molar-refractivity contribution is 7.10. The number of rotatable bonds is 5. The highest BCUT2D eigenvalue weighted by atomic mass is 32.1. The van der Waals surface area contributed by atoms with Crippen LogP contribution >= 0.6 is 11.3 Å². The Hall–Kier alpha value is -2.35. The van der Waals surface area contributed by atoms with Crippen LogP contribution in [0.2, 0.25) is 0 Å². The normalized spacial score (nSPS) is 17.8. The molecule has 24 heavy (non-hydrogen) atoms. The van der Waals surface area contributed by atoms with Gasteiger partial charge in [-0.1, -0.05) is 6.07 Å². The van der Waals surface area contributed by atoms with Gasteiger partial charge in [-0.25, -0.2) is 4.79 Å². The lowest BCUT2D eigenvalue weighted by atomic mass is 9.93. The summed E-state index contributed by atoms with van der Waals surface area (Å²) in [4.78, 5) is 24.6. The van der Waals surface area contributed by atoms with Crippen molar-refractivity contribution in [3.63, 3.8) is 0 Å². The summed E-state index contributed by atoms with van der Waals surface area (Å²) in [6.45, 7) is 0. The lowest BCUT2D eigenvalue weighted by Crippen LogP contribution is -2.37. The van der Waals surface area contributed by atoms with Crippen molar-refractivity contribution in [3.05, 3.63) is 39.8 Å². The number of urea groups is 1. The minimum atomic E-state index is -0.631. The molecule has 0 aromatic carbocycles. The van der Waals surface area contributed by atoms with Crippen LogP contribution in [-0.2, 0) is 18.3 Å². The maximum absolute atomic E-state index is 12.5. The first kappa shape index (κ1) is 16.5. The Morgan fingerprint density at radius 3 is 3.08 bits per heavy atom. The van der Waals surface area contributed by atoms with Crippen LogP contribution in [0.5, 0.6) is 0 Å². The van der Waals surface area contributed by atoms with Crippen molar-refractivity contribution in [2.24, 2.45) is 12.8 Å². The van der Waals surface area contributed by atoms with Gasteiger partial charge in [0.2, 0.25) is 5.91 Å². The van der Waals surface area contributed by atoms with E-state index in [1.165, 1.54) is 11.3 Å². The predicted octanol–water partition coefficient (Wildman–Crippen LogP) is 1.77. The molecule has 2 atom stereocenters. The van der Waals surface area contributed by atoms with E-state index in [0.717, 1.165) is 35.4 Å². The zero-order valence-electron chi connectivity index (χ0n) is 13.5. The van der Waals surface area contributed by atoms with Crippen LogP contribution in [0.4, 0.5) is 4.79 Å². The van der Waals surface area contributed by atoms with E-state index >= 15 is 0 Å². The maximum atomic E-state index is 12.5. The van der Waals surface area contributed by atoms with E-state index in [0.29, 0.717) is 0 Å². The number of carbonyl (C=O) groups excluding carboxylic acids is 2. The Bertz CT molecular complexity index is 725. The number of nitrogens with one attached hydrogen (secondary N) is 2. The summed E-state index contributed by atoms with van der Waals surface area (Å²) in [5.74, 6) is -0.108. The minimum absolute atomic E-state index is 0.0208. The second kappa shape index (κ2) is 7.04.